The third kappa shape index (κ3) is 1.78. The standard InChI is InChI=1S/C14H15N3/c1-10(14-8-15-9-17-14)11-6-7-16-13-5-3-2-4-12(11)13/h2-7,9-10,14H,8H2,1H3,(H,15,17). The Morgan fingerprint density at radius 3 is 3.00 bits per heavy atom. The molecule has 0 fully saturated rings. The molecule has 0 saturated heterocycles. The van der Waals surface area contributed by atoms with E-state index >= 15 is 0 Å². The first-order valence-electron chi connectivity index (χ1n) is 5.95. The minimum atomic E-state index is 0.334. The second kappa shape index (κ2) is 4.17. The lowest BCUT2D eigenvalue weighted by Gasteiger charge is -2.18. The molecule has 0 bridgehead atoms. The highest BCUT2D eigenvalue weighted by Gasteiger charge is 2.21. The molecule has 0 spiro atoms. The van der Waals surface area contributed by atoms with Crippen molar-refractivity contribution in [1.29, 1.82) is 0 Å². The Labute approximate surface area is 101 Å². The molecule has 0 saturated carbocycles. The Balaban J connectivity index is 2.07. The van der Waals surface area contributed by atoms with E-state index in [0.717, 1.165) is 12.1 Å². The normalized spacial score (nSPS) is 20.4. The summed E-state index contributed by atoms with van der Waals surface area (Å²) < 4.78 is 0. The van der Waals surface area contributed by atoms with Gasteiger partial charge in [0.05, 0.1) is 17.9 Å². The SMILES string of the molecule is CC(c1ccnc2ccccc12)C1CNC=N1. The molecule has 3 rings (SSSR count). The molecule has 2 heterocycles. The van der Waals surface area contributed by atoms with Crippen molar-refractivity contribution in [1.82, 2.24) is 10.3 Å². The molecule has 1 aromatic heterocycles. The van der Waals surface area contributed by atoms with Crippen LogP contribution in [0, 0.1) is 0 Å². The van der Waals surface area contributed by atoms with Crippen LogP contribution in [0.25, 0.3) is 10.9 Å². The maximum absolute atomic E-state index is 4.46. The van der Waals surface area contributed by atoms with Gasteiger partial charge in [-0.3, -0.25) is 9.98 Å². The molecular formula is C14H15N3. The zero-order chi connectivity index (χ0) is 11.7. The van der Waals surface area contributed by atoms with Crippen molar-refractivity contribution < 1.29 is 0 Å². The highest BCUT2D eigenvalue weighted by atomic mass is 15.0. The van der Waals surface area contributed by atoms with Gasteiger partial charge in [-0.05, 0) is 17.7 Å². The second-order valence-corrected chi connectivity index (χ2v) is 4.46. The first kappa shape index (κ1) is 10.3. The van der Waals surface area contributed by atoms with Crippen LogP contribution in [0.1, 0.15) is 18.4 Å². The number of aromatic nitrogens is 1. The van der Waals surface area contributed by atoms with Crippen LogP contribution in [-0.2, 0) is 0 Å². The van der Waals surface area contributed by atoms with Crippen molar-refractivity contribution in [2.24, 2.45) is 4.99 Å². The average molecular weight is 225 g/mol. The van der Waals surface area contributed by atoms with E-state index in [4.69, 9.17) is 0 Å². The molecule has 2 atom stereocenters. The quantitative estimate of drug-likeness (QED) is 0.851. The Hall–Kier alpha value is -1.90. The highest BCUT2D eigenvalue weighted by molar-refractivity contribution is 5.82. The van der Waals surface area contributed by atoms with E-state index in [1.54, 1.807) is 0 Å². The lowest BCUT2D eigenvalue weighted by atomic mass is 9.91. The summed E-state index contributed by atoms with van der Waals surface area (Å²) in [5.41, 5.74) is 2.40. The fourth-order valence-corrected chi connectivity index (χ4v) is 2.40. The first-order chi connectivity index (χ1) is 8.36. The van der Waals surface area contributed by atoms with Crippen molar-refractivity contribution in [3.8, 4) is 0 Å². The number of para-hydroxylation sites is 1. The van der Waals surface area contributed by atoms with Gasteiger partial charge in [0.25, 0.3) is 0 Å². The van der Waals surface area contributed by atoms with E-state index in [0.29, 0.717) is 12.0 Å². The van der Waals surface area contributed by atoms with Crippen molar-refractivity contribution >= 4 is 17.2 Å². The predicted molar refractivity (Wildman–Crippen MR) is 70.4 cm³/mol. The van der Waals surface area contributed by atoms with Crippen LogP contribution in [0.2, 0.25) is 0 Å². The number of rotatable bonds is 2. The molecule has 86 valence electrons. The lowest BCUT2D eigenvalue weighted by molar-refractivity contribution is 0.591. The molecule has 0 aliphatic carbocycles. The summed E-state index contributed by atoms with van der Waals surface area (Å²) in [6.07, 6.45) is 3.70. The van der Waals surface area contributed by atoms with Gasteiger partial charge < -0.3 is 5.32 Å². The molecular weight excluding hydrogens is 210 g/mol. The van der Waals surface area contributed by atoms with E-state index in [1.165, 1.54) is 10.9 Å². The molecule has 1 aliphatic heterocycles. The second-order valence-electron chi connectivity index (χ2n) is 4.46. The fraction of sp³-hybridized carbons (Fsp3) is 0.286. The minimum absolute atomic E-state index is 0.334. The molecule has 1 aromatic carbocycles. The first-order valence-corrected chi connectivity index (χ1v) is 5.95. The number of nitrogens with one attached hydrogen (secondary N) is 1. The van der Waals surface area contributed by atoms with E-state index in [-0.39, 0.29) is 0 Å². The average Bonchev–Trinajstić information content (AvgIpc) is 2.91. The number of aliphatic imine (C=N–C) groups is 1. The summed E-state index contributed by atoms with van der Waals surface area (Å²) in [6, 6.07) is 10.7. The third-order valence-corrected chi connectivity index (χ3v) is 3.43. The molecule has 1 N–H and O–H groups in total. The van der Waals surface area contributed by atoms with E-state index < -0.39 is 0 Å². The van der Waals surface area contributed by atoms with Crippen LogP contribution in [0.3, 0.4) is 0 Å². The van der Waals surface area contributed by atoms with Crippen molar-refractivity contribution in [2.45, 2.75) is 18.9 Å². The summed E-state index contributed by atoms with van der Waals surface area (Å²) in [4.78, 5) is 8.86. The maximum atomic E-state index is 4.46. The van der Waals surface area contributed by atoms with Gasteiger partial charge in [0.2, 0.25) is 0 Å². The van der Waals surface area contributed by atoms with Crippen LogP contribution in [-0.4, -0.2) is 23.9 Å². The fourth-order valence-electron chi connectivity index (χ4n) is 2.40. The van der Waals surface area contributed by atoms with Crippen LogP contribution in [0.15, 0.2) is 41.5 Å². The molecule has 0 amide bonds. The van der Waals surface area contributed by atoms with Crippen molar-refractivity contribution in [3.63, 3.8) is 0 Å². The van der Waals surface area contributed by atoms with Gasteiger partial charge in [0.1, 0.15) is 0 Å². The van der Waals surface area contributed by atoms with Crippen molar-refractivity contribution in [2.75, 3.05) is 6.54 Å². The Bertz CT molecular complexity index is 557. The van der Waals surface area contributed by atoms with Crippen LogP contribution in [0.4, 0.5) is 0 Å². The zero-order valence-electron chi connectivity index (χ0n) is 9.80. The monoisotopic (exact) mass is 225 g/mol. The highest BCUT2D eigenvalue weighted by Crippen LogP contribution is 2.28. The largest absolute Gasteiger partial charge is 0.374 e. The van der Waals surface area contributed by atoms with E-state index in [1.807, 2.05) is 18.6 Å². The van der Waals surface area contributed by atoms with Crippen molar-refractivity contribution in [3.05, 3.63) is 42.1 Å². The van der Waals surface area contributed by atoms with Gasteiger partial charge in [-0.1, -0.05) is 25.1 Å². The van der Waals surface area contributed by atoms with E-state index in [2.05, 4.69) is 46.5 Å². The number of hydrogen-bond donors (Lipinski definition) is 1. The predicted octanol–water partition coefficient (Wildman–Crippen LogP) is 2.34. The summed E-state index contributed by atoms with van der Waals surface area (Å²) >= 11 is 0. The van der Waals surface area contributed by atoms with Crippen LogP contribution < -0.4 is 5.32 Å². The van der Waals surface area contributed by atoms with Gasteiger partial charge in [-0.25, -0.2) is 0 Å². The summed E-state index contributed by atoms with van der Waals surface area (Å²) in [6.45, 7) is 3.16. The zero-order valence-corrected chi connectivity index (χ0v) is 9.80. The molecule has 0 radical (unpaired) electrons. The summed E-state index contributed by atoms with van der Waals surface area (Å²) in [5, 5.41) is 4.40. The smallest absolute Gasteiger partial charge is 0.0829 e. The molecule has 17 heavy (non-hydrogen) atoms. The van der Waals surface area contributed by atoms with Gasteiger partial charge in [-0.15, -0.1) is 0 Å². The molecule has 2 unspecified atom stereocenters. The lowest BCUT2D eigenvalue weighted by Crippen LogP contribution is -2.21. The van der Waals surface area contributed by atoms with Gasteiger partial charge in [-0.2, -0.15) is 0 Å². The van der Waals surface area contributed by atoms with Gasteiger partial charge in [0, 0.05) is 24.0 Å². The summed E-state index contributed by atoms with van der Waals surface area (Å²) in [5.74, 6) is 0.411. The van der Waals surface area contributed by atoms with Gasteiger partial charge in [0.15, 0.2) is 0 Å². The number of nitrogens with zero attached hydrogens (tertiary/aromatic N) is 2. The maximum Gasteiger partial charge on any atom is 0.0829 e. The van der Waals surface area contributed by atoms with E-state index in [9.17, 15) is 0 Å². The van der Waals surface area contributed by atoms with Crippen LogP contribution in [0.5, 0.6) is 0 Å². The number of hydrogen-bond acceptors (Lipinski definition) is 3. The molecule has 2 aromatic rings. The third-order valence-electron chi connectivity index (χ3n) is 3.43. The van der Waals surface area contributed by atoms with Gasteiger partial charge >= 0.3 is 0 Å². The number of benzene rings is 1. The molecule has 3 nitrogen and oxygen atoms in total. The molecule has 3 heteroatoms. The van der Waals surface area contributed by atoms with Crippen LogP contribution >= 0.6 is 0 Å². The summed E-state index contributed by atoms with van der Waals surface area (Å²) in [7, 11) is 0. The molecule has 1 aliphatic rings. The Morgan fingerprint density at radius 1 is 1.29 bits per heavy atom. The number of pyridine rings is 1. The topological polar surface area (TPSA) is 37.3 Å². The Morgan fingerprint density at radius 2 is 2.18 bits per heavy atom. The number of fused-ring (bicyclic) bond motifs is 1. The minimum Gasteiger partial charge on any atom is -0.374 e. The Kier molecular flexibility index (Phi) is 2.52.